The Kier molecular flexibility index (Phi) is 6.01. The summed E-state index contributed by atoms with van der Waals surface area (Å²) in [4.78, 5) is 9.40. The maximum Gasteiger partial charge on any atom is 0.0950 e. The Morgan fingerprint density at radius 3 is 2.65 bits per heavy atom. The molecule has 5 heteroatoms. The smallest absolute Gasteiger partial charge is 0.0950 e. The first-order valence-corrected chi connectivity index (χ1v) is 7.76. The Hall–Kier alpha value is -0.910. The first-order chi connectivity index (χ1) is 9.63. The molecule has 0 aromatic carbocycles. The molecule has 1 fully saturated rings. The van der Waals surface area contributed by atoms with Crippen LogP contribution in [0.15, 0.2) is 12.5 Å². The van der Waals surface area contributed by atoms with Crippen LogP contribution in [0.1, 0.15) is 19.5 Å². The summed E-state index contributed by atoms with van der Waals surface area (Å²) >= 11 is 0. The molecule has 1 saturated heterocycles. The molecule has 0 amide bonds. The molecule has 0 bridgehead atoms. The van der Waals surface area contributed by atoms with Crippen molar-refractivity contribution in [2.75, 3.05) is 46.3 Å². The zero-order valence-corrected chi connectivity index (χ0v) is 13.2. The summed E-state index contributed by atoms with van der Waals surface area (Å²) in [5.74, 6) is 0.689. The fraction of sp³-hybridized carbons (Fsp3) is 0.800. The fourth-order valence-electron chi connectivity index (χ4n) is 2.44. The van der Waals surface area contributed by atoms with Gasteiger partial charge in [0, 0.05) is 52.0 Å². The van der Waals surface area contributed by atoms with E-state index in [0.717, 1.165) is 31.9 Å². The van der Waals surface area contributed by atoms with Gasteiger partial charge in [0.2, 0.25) is 0 Å². The number of hydrogen-bond acceptors (Lipinski definition) is 4. The number of piperazine rings is 1. The molecule has 114 valence electrons. The summed E-state index contributed by atoms with van der Waals surface area (Å²) in [6.45, 7) is 13.3. The second-order valence-electron chi connectivity index (χ2n) is 6.27. The van der Waals surface area contributed by atoms with Gasteiger partial charge in [-0.3, -0.25) is 4.90 Å². The summed E-state index contributed by atoms with van der Waals surface area (Å²) in [5, 5.41) is 3.43. The van der Waals surface area contributed by atoms with Crippen LogP contribution in [0.2, 0.25) is 0 Å². The van der Waals surface area contributed by atoms with Crippen LogP contribution in [-0.2, 0) is 13.1 Å². The Bertz CT molecular complexity index is 379. The third kappa shape index (κ3) is 5.23. The van der Waals surface area contributed by atoms with Gasteiger partial charge in [-0.05, 0) is 19.5 Å². The largest absolute Gasteiger partial charge is 0.336 e. The average Bonchev–Trinajstić information content (AvgIpc) is 2.86. The quantitative estimate of drug-likeness (QED) is 0.804. The Morgan fingerprint density at radius 1 is 1.20 bits per heavy atom. The minimum absolute atomic E-state index is 0.689. The van der Waals surface area contributed by atoms with Crippen molar-refractivity contribution in [3.63, 3.8) is 0 Å². The number of nitrogens with one attached hydrogen (secondary N) is 1. The van der Waals surface area contributed by atoms with Gasteiger partial charge in [-0.2, -0.15) is 0 Å². The van der Waals surface area contributed by atoms with Gasteiger partial charge in [0.05, 0.1) is 12.0 Å². The van der Waals surface area contributed by atoms with E-state index in [1.807, 2.05) is 6.33 Å². The predicted octanol–water partition coefficient (Wildman–Crippen LogP) is 0.876. The molecule has 1 aromatic heterocycles. The molecule has 0 aliphatic carbocycles. The van der Waals surface area contributed by atoms with Crippen molar-refractivity contribution < 1.29 is 0 Å². The van der Waals surface area contributed by atoms with E-state index in [4.69, 9.17) is 0 Å². The Labute approximate surface area is 123 Å². The number of likely N-dealkylation sites (N-methyl/N-ethyl adjacent to an activating group) is 1. The molecule has 1 N–H and O–H groups in total. The van der Waals surface area contributed by atoms with Crippen molar-refractivity contribution >= 4 is 0 Å². The molecular formula is C15H29N5. The maximum atomic E-state index is 4.46. The van der Waals surface area contributed by atoms with Crippen molar-refractivity contribution in [1.82, 2.24) is 24.7 Å². The van der Waals surface area contributed by atoms with Crippen molar-refractivity contribution in [2.24, 2.45) is 5.92 Å². The summed E-state index contributed by atoms with van der Waals surface area (Å²) in [6.07, 6.45) is 4.13. The van der Waals surface area contributed by atoms with E-state index in [1.165, 1.54) is 26.2 Å². The van der Waals surface area contributed by atoms with Crippen LogP contribution in [0.3, 0.4) is 0 Å². The zero-order chi connectivity index (χ0) is 14.4. The van der Waals surface area contributed by atoms with Gasteiger partial charge in [-0.15, -0.1) is 0 Å². The third-order valence-corrected chi connectivity index (χ3v) is 3.82. The van der Waals surface area contributed by atoms with Crippen LogP contribution in [0.5, 0.6) is 0 Å². The lowest BCUT2D eigenvalue weighted by Gasteiger charge is -2.32. The molecule has 0 atom stereocenters. The van der Waals surface area contributed by atoms with Crippen LogP contribution in [0.4, 0.5) is 0 Å². The Balaban J connectivity index is 1.67. The minimum Gasteiger partial charge on any atom is -0.336 e. The first-order valence-electron chi connectivity index (χ1n) is 7.76. The maximum absolute atomic E-state index is 4.46. The predicted molar refractivity (Wildman–Crippen MR) is 82.7 cm³/mol. The topological polar surface area (TPSA) is 36.3 Å². The standard InChI is InChI=1S/C15H29N5/c1-14(2)10-16-11-15-12-20(13-17-15)9-8-19-6-4-18(3)5-7-19/h12-14,16H,4-11H2,1-3H3. The molecule has 0 saturated carbocycles. The lowest BCUT2D eigenvalue weighted by molar-refractivity contribution is 0.150. The van der Waals surface area contributed by atoms with Crippen molar-refractivity contribution in [3.05, 3.63) is 18.2 Å². The van der Waals surface area contributed by atoms with Crippen LogP contribution < -0.4 is 5.32 Å². The van der Waals surface area contributed by atoms with Crippen LogP contribution in [0, 0.1) is 5.92 Å². The normalized spacial score (nSPS) is 18.0. The van der Waals surface area contributed by atoms with Crippen LogP contribution >= 0.6 is 0 Å². The number of imidazole rings is 1. The molecule has 0 spiro atoms. The number of hydrogen-bond donors (Lipinski definition) is 1. The van der Waals surface area contributed by atoms with Gasteiger partial charge >= 0.3 is 0 Å². The van der Waals surface area contributed by atoms with Gasteiger partial charge in [0.1, 0.15) is 0 Å². The van der Waals surface area contributed by atoms with Crippen molar-refractivity contribution in [2.45, 2.75) is 26.9 Å². The SMILES string of the molecule is CC(C)CNCc1cn(CCN2CCN(C)CC2)cn1. The van der Waals surface area contributed by atoms with Gasteiger partial charge in [-0.25, -0.2) is 4.98 Å². The number of rotatable bonds is 7. The third-order valence-electron chi connectivity index (χ3n) is 3.82. The highest BCUT2D eigenvalue weighted by Crippen LogP contribution is 2.01. The first kappa shape index (κ1) is 15.5. The molecule has 0 radical (unpaired) electrons. The molecule has 1 aromatic rings. The molecule has 20 heavy (non-hydrogen) atoms. The van der Waals surface area contributed by atoms with E-state index >= 15 is 0 Å². The van der Waals surface area contributed by atoms with E-state index in [-0.39, 0.29) is 0 Å². The average molecular weight is 279 g/mol. The molecule has 0 unspecified atom stereocenters. The number of aromatic nitrogens is 2. The van der Waals surface area contributed by atoms with Crippen LogP contribution in [-0.4, -0.2) is 65.7 Å². The van der Waals surface area contributed by atoms with Gasteiger partial charge < -0.3 is 14.8 Å². The molecule has 2 rings (SSSR count). The highest BCUT2D eigenvalue weighted by atomic mass is 15.3. The zero-order valence-electron chi connectivity index (χ0n) is 13.2. The lowest BCUT2D eigenvalue weighted by Crippen LogP contribution is -2.45. The summed E-state index contributed by atoms with van der Waals surface area (Å²) in [7, 11) is 2.20. The van der Waals surface area contributed by atoms with Gasteiger partial charge in [0.25, 0.3) is 0 Å². The van der Waals surface area contributed by atoms with Crippen LogP contribution in [0.25, 0.3) is 0 Å². The van der Waals surface area contributed by atoms with Crippen molar-refractivity contribution in [1.29, 1.82) is 0 Å². The lowest BCUT2D eigenvalue weighted by atomic mass is 10.2. The molecule has 2 heterocycles. The Morgan fingerprint density at radius 2 is 1.95 bits per heavy atom. The monoisotopic (exact) mass is 279 g/mol. The molecule has 1 aliphatic heterocycles. The highest BCUT2D eigenvalue weighted by Gasteiger charge is 2.13. The molecule has 1 aliphatic rings. The molecular weight excluding hydrogens is 250 g/mol. The van der Waals surface area contributed by atoms with E-state index in [0.29, 0.717) is 5.92 Å². The minimum atomic E-state index is 0.689. The second-order valence-corrected chi connectivity index (χ2v) is 6.27. The summed E-state index contributed by atoms with van der Waals surface area (Å²) in [6, 6.07) is 0. The summed E-state index contributed by atoms with van der Waals surface area (Å²) in [5.41, 5.74) is 1.14. The van der Waals surface area contributed by atoms with E-state index in [9.17, 15) is 0 Å². The number of nitrogens with zero attached hydrogens (tertiary/aromatic N) is 4. The second kappa shape index (κ2) is 7.76. The van der Waals surface area contributed by atoms with E-state index in [2.05, 4.69) is 51.8 Å². The van der Waals surface area contributed by atoms with Gasteiger partial charge in [0.15, 0.2) is 0 Å². The van der Waals surface area contributed by atoms with E-state index in [1.54, 1.807) is 0 Å². The highest BCUT2D eigenvalue weighted by molar-refractivity contribution is 4.96. The molecule has 5 nitrogen and oxygen atoms in total. The van der Waals surface area contributed by atoms with Gasteiger partial charge in [-0.1, -0.05) is 13.8 Å². The van der Waals surface area contributed by atoms with Crippen molar-refractivity contribution in [3.8, 4) is 0 Å². The summed E-state index contributed by atoms with van der Waals surface area (Å²) < 4.78 is 2.21. The fourth-order valence-corrected chi connectivity index (χ4v) is 2.44. The van der Waals surface area contributed by atoms with E-state index < -0.39 is 0 Å².